The molecular formula is C41H35NO4. The van der Waals surface area contributed by atoms with Gasteiger partial charge in [0.25, 0.3) is 0 Å². The van der Waals surface area contributed by atoms with E-state index in [1.54, 1.807) is 28.4 Å². The fourth-order valence-electron chi connectivity index (χ4n) is 6.33. The number of aryl methyl sites for hydroxylation is 1. The Labute approximate surface area is 269 Å². The lowest BCUT2D eigenvalue weighted by Crippen LogP contribution is -1.92. The second-order valence-electron chi connectivity index (χ2n) is 11.3. The van der Waals surface area contributed by atoms with Crippen molar-refractivity contribution in [2.75, 3.05) is 28.4 Å². The normalized spacial score (nSPS) is 11.2. The number of aromatic nitrogens is 1. The average Bonchev–Trinajstić information content (AvgIpc) is 3.40. The van der Waals surface area contributed by atoms with Crippen LogP contribution < -0.4 is 18.9 Å². The second kappa shape index (κ2) is 12.0. The van der Waals surface area contributed by atoms with Gasteiger partial charge in [-0.05, 0) is 117 Å². The largest absolute Gasteiger partial charge is 0.497 e. The lowest BCUT2D eigenvalue weighted by atomic mass is 9.90. The van der Waals surface area contributed by atoms with Crippen molar-refractivity contribution in [2.45, 2.75) is 0 Å². The molecule has 0 radical (unpaired) electrons. The molecule has 0 saturated heterocycles. The molecule has 0 fully saturated rings. The Hall–Kier alpha value is -5.68. The Morgan fingerprint density at radius 2 is 0.587 bits per heavy atom. The Balaban J connectivity index is 1.52. The molecule has 1 aromatic heterocycles. The monoisotopic (exact) mass is 605 g/mol. The van der Waals surface area contributed by atoms with Crippen molar-refractivity contribution in [2.24, 2.45) is 7.05 Å². The first-order valence-corrected chi connectivity index (χ1v) is 15.2. The molecular weight excluding hydrogens is 570 g/mol. The summed E-state index contributed by atoms with van der Waals surface area (Å²) in [5.74, 6) is 3.32. The zero-order valence-corrected chi connectivity index (χ0v) is 26.6. The third-order valence-corrected chi connectivity index (χ3v) is 8.89. The van der Waals surface area contributed by atoms with E-state index in [2.05, 4.69) is 84.4 Å². The van der Waals surface area contributed by atoms with Gasteiger partial charge in [0.2, 0.25) is 0 Å². The summed E-state index contributed by atoms with van der Waals surface area (Å²) < 4.78 is 24.2. The van der Waals surface area contributed by atoms with Gasteiger partial charge in [-0.1, -0.05) is 48.5 Å². The number of benzene rings is 6. The van der Waals surface area contributed by atoms with Gasteiger partial charge in [0.05, 0.1) is 28.4 Å². The maximum atomic E-state index is 5.47. The Morgan fingerprint density at radius 1 is 0.348 bits per heavy atom. The van der Waals surface area contributed by atoms with Gasteiger partial charge in [-0.25, -0.2) is 0 Å². The van der Waals surface area contributed by atoms with E-state index in [0.717, 1.165) is 78.5 Å². The van der Waals surface area contributed by atoms with E-state index >= 15 is 0 Å². The fourth-order valence-corrected chi connectivity index (χ4v) is 6.33. The number of hydrogen-bond acceptors (Lipinski definition) is 4. The molecule has 5 nitrogen and oxygen atoms in total. The molecule has 0 spiro atoms. The summed E-state index contributed by atoms with van der Waals surface area (Å²) in [4.78, 5) is 0. The highest BCUT2D eigenvalue weighted by Crippen LogP contribution is 2.43. The lowest BCUT2D eigenvalue weighted by Gasteiger charge is -2.14. The van der Waals surface area contributed by atoms with Crippen molar-refractivity contribution >= 4 is 21.8 Å². The van der Waals surface area contributed by atoms with E-state index in [0.29, 0.717) is 0 Å². The second-order valence-corrected chi connectivity index (χ2v) is 11.3. The highest BCUT2D eigenvalue weighted by atomic mass is 16.5. The minimum atomic E-state index is 0.830. The summed E-state index contributed by atoms with van der Waals surface area (Å²) in [6.45, 7) is 0. The molecule has 0 aliphatic carbocycles. The third kappa shape index (κ3) is 5.10. The maximum absolute atomic E-state index is 5.47. The molecule has 0 bridgehead atoms. The topological polar surface area (TPSA) is 41.9 Å². The molecule has 0 aliphatic heterocycles. The highest BCUT2D eigenvalue weighted by Gasteiger charge is 2.19. The van der Waals surface area contributed by atoms with Gasteiger partial charge in [0, 0.05) is 28.9 Å². The molecule has 6 aromatic carbocycles. The van der Waals surface area contributed by atoms with Crippen LogP contribution >= 0.6 is 0 Å². The molecule has 1 heterocycles. The van der Waals surface area contributed by atoms with Gasteiger partial charge < -0.3 is 23.5 Å². The van der Waals surface area contributed by atoms with E-state index in [4.69, 9.17) is 18.9 Å². The molecule has 46 heavy (non-hydrogen) atoms. The predicted octanol–water partition coefficient (Wildman–Crippen LogP) is 10.0. The smallest absolute Gasteiger partial charge is 0.118 e. The average molecular weight is 606 g/mol. The first-order valence-electron chi connectivity index (χ1n) is 15.2. The molecule has 228 valence electrons. The van der Waals surface area contributed by atoms with E-state index in [1.807, 2.05) is 48.5 Å². The van der Waals surface area contributed by atoms with Crippen LogP contribution in [0.1, 0.15) is 0 Å². The fraction of sp³-hybridized carbons (Fsp3) is 0.122. The zero-order valence-electron chi connectivity index (χ0n) is 26.6. The SMILES string of the molecule is COc1ccc(-c2cc3c4cc(-c5ccc(OC)cc5)c(-c5ccc(OC)cc5)cc4n(C)c3cc2-c2ccc(OC)cc2)cc1. The number of methoxy groups -OCH3 is 4. The van der Waals surface area contributed by atoms with Crippen molar-refractivity contribution in [1.82, 2.24) is 4.57 Å². The van der Waals surface area contributed by atoms with Crippen LogP contribution in [0.25, 0.3) is 66.3 Å². The Morgan fingerprint density at radius 3 is 0.826 bits per heavy atom. The van der Waals surface area contributed by atoms with Gasteiger partial charge in [-0.3, -0.25) is 0 Å². The van der Waals surface area contributed by atoms with Crippen LogP contribution in [0.4, 0.5) is 0 Å². The van der Waals surface area contributed by atoms with Crippen molar-refractivity contribution in [3.8, 4) is 67.5 Å². The van der Waals surface area contributed by atoms with Gasteiger partial charge in [0.1, 0.15) is 23.0 Å². The molecule has 0 aliphatic rings. The van der Waals surface area contributed by atoms with Gasteiger partial charge >= 0.3 is 0 Å². The van der Waals surface area contributed by atoms with Crippen molar-refractivity contribution in [3.05, 3.63) is 121 Å². The lowest BCUT2D eigenvalue weighted by molar-refractivity contribution is 0.414. The summed E-state index contributed by atoms with van der Waals surface area (Å²) in [5, 5.41) is 2.38. The summed E-state index contributed by atoms with van der Waals surface area (Å²) >= 11 is 0. The minimum absolute atomic E-state index is 0.830. The molecule has 0 unspecified atom stereocenters. The Bertz CT molecular complexity index is 2000. The van der Waals surface area contributed by atoms with Gasteiger partial charge in [-0.2, -0.15) is 0 Å². The van der Waals surface area contributed by atoms with Crippen molar-refractivity contribution in [3.63, 3.8) is 0 Å². The zero-order chi connectivity index (χ0) is 31.8. The van der Waals surface area contributed by atoms with Crippen LogP contribution in [-0.2, 0) is 7.05 Å². The molecule has 0 N–H and O–H groups in total. The molecule has 5 heteroatoms. The molecule has 0 atom stereocenters. The molecule has 0 saturated carbocycles. The Kier molecular flexibility index (Phi) is 7.59. The van der Waals surface area contributed by atoms with Crippen molar-refractivity contribution < 1.29 is 18.9 Å². The van der Waals surface area contributed by atoms with Crippen LogP contribution in [0.15, 0.2) is 121 Å². The quantitative estimate of drug-likeness (QED) is 0.173. The number of ether oxygens (including phenoxy) is 4. The third-order valence-electron chi connectivity index (χ3n) is 8.89. The summed E-state index contributed by atoms with van der Waals surface area (Å²) in [6, 6.07) is 42.4. The van der Waals surface area contributed by atoms with Crippen LogP contribution in [-0.4, -0.2) is 33.0 Å². The van der Waals surface area contributed by atoms with E-state index in [-0.39, 0.29) is 0 Å². The maximum Gasteiger partial charge on any atom is 0.118 e. The van der Waals surface area contributed by atoms with Gasteiger partial charge in [0.15, 0.2) is 0 Å². The number of hydrogen-bond donors (Lipinski definition) is 0. The van der Waals surface area contributed by atoms with Crippen molar-refractivity contribution in [1.29, 1.82) is 0 Å². The van der Waals surface area contributed by atoms with Crippen LogP contribution in [0.5, 0.6) is 23.0 Å². The molecule has 7 rings (SSSR count). The minimum Gasteiger partial charge on any atom is -0.497 e. The first-order chi connectivity index (χ1) is 22.5. The summed E-state index contributed by atoms with van der Waals surface area (Å²) in [5.41, 5.74) is 11.4. The van der Waals surface area contributed by atoms with Crippen LogP contribution in [0, 0.1) is 0 Å². The van der Waals surface area contributed by atoms with E-state index in [9.17, 15) is 0 Å². The summed E-state index contributed by atoms with van der Waals surface area (Å²) in [7, 11) is 8.93. The van der Waals surface area contributed by atoms with E-state index in [1.165, 1.54) is 10.8 Å². The van der Waals surface area contributed by atoms with Crippen LogP contribution in [0.2, 0.25) is 0 Å². The van der Waals surface area contributed by atoms with Crippen LogP contribution in [0.3, 0.4) is 0 Å². The summed E-state index contributed by atoms with van der Waals surface area (Å²) in [6.07, 6.45) is 0. The van der Waals surface area contributed by atoms with E-state index < -0.39 is 0 Å². The number of rotatable bonds is 8. The predicted molar refractivity (Wildman–Crippen MR) is 188 cm³/mol. The molecule has 0 amide bonds. The highest BCUT2D eigenvalue weighted by molar-refractivity contribution is 6.14. The first kappa shape index (κ1) is 29.1. The number of nitrogens with zero attached hydrogens (tertiary/aromatic N) is 1. The van der Waals surface area contributed by atoms with Gasteiger partial charge in [-0.15, -0.1) is 0 Å². The molecule has 7 aromatic rings. The standard InChI is InChI=1S/C41H35NO4/c1-42-40-24-36(28-10-18-32(45-4)19-11-28)34(26-6-14-30(43-2)15-7-26)22-38(40)39-23-35(27-8-16-31(44-3)17-9-27)37(25-41(39)42)29-12-20-33(46-5)21-13-29/h6-25H,1-5H3. The number of fused-ring (bicyclic) bond motifs is 3.